The number of benzene rings is 2. The molecular weight excluding hydrogens is 434 g/mol. The minimum Gasteiger partial charge on any atom is -0.494 e. The fourth-order valence-corrected chi connectivity index (χ4v) is 3.89. The first-order valence-electron chi connectivity index (χ1n) is 9.48. The van der Waals surface area contributed by atoms with E-state index < -0.39 is 10.0 Å². The third kappa shape index (κ3) is 6.16. The molecule has 162 valence electrons. The molecule has 0 aliphatic carbocycles. The number of rotatable bonds is 8. The summed E-state index contributed by atoms with van der Waals surface area (Å²) in [6, 6.07) is 14.5. The second-order valence-corrected chi connectivity index (χ2v) is 9.51. The van der Waals surface area contributed by atoms with Crippen LogP contribution in [0.4, 0.5) is 10.8 Å². The van der Waals surface area contributed by atoms with Crippen LogP contribution in [0.25, 0.3) is 17.3 Å². The summed E-state index contributed by atoms with van der Waals surface area (Å²) in [5, 5.41) is 5.07. The number of hydrogen-bond donors (Lipinski definition) is 1. The predicted octanol–water partition coefficient (Wildman–Crippen LogP) is 4.26. The maximum absolute atomic E-state index is 12.2. The van der Waals surface area contributed by atoms with Crippen molar-refractivity contribution in [2.45, 2.75) is 6.92 Å². The Morgan fingerprint density at radius 2 is 1.84 bits per heavy atom. The van der Waals surface area contributed by atoms with Gasteiger partial charge in [-0.15, -0.1) is 11.3 Å². The monoisotopic (exact) mass is 457 g/mol. The van der Waals surface area contributed by atoms with Crippen molar-refractivity contribution in [1.82, 2.24) is 4.98 Å². The number of amides is 1. The van der Waals surface area contributed by atoms with E-state index in [4.69, 9.17) is 4.74 Å². The first kappa shape index (κ1) is 22.5. The Balaban J connectivity index is 1.62. The lowest BCUT2D eigenvalue weighted by Crippen LogP contribution is -2.24. The normalized spacial score (nSPS) is 11.5. The zero-order valence-electron chi connectivity index (χ0n) is 17.4. The van der Waals surface area contributed by atoms with E-state index >= 15 is 0 Å². The van der Waals surface area contributed by atoms with Crippen LogP contribution in [0, 0.1) is 0 Å². The SMILES string of the molecule is CCOc1ccc(/C=C/C(=O)Nc2nc(-c3ccc(N(C)S(C)(=O)=O)cc3)cs2)cc1. The van der Waals surface area contributed by atoms with Crippen molar-refractivity contribution in [2.75, 3.05) is 29.5 Å². The zero-order chi connectivity index (χ0) is 22.4. The van der Waals surface area contributed by atoms with Crippen molar-refractivity contribution in [3.05, 3.63) is 65.6 Å². The molecule has 0 bridgehead atoms. The molecule has 2 aromatic carbocycles. The van der Waals surface area contributed by atoms with Gasteiger partial charge in [-0.1, -0.05) is 24.3 Å². The number of carbonyl (C=O) groups is 1. The number of nitrogens with one attached hydrogen (secondary N) is 1. The van der Waals surface area contributed by atoms with Crippen molar-refractivity contribution in [3.8, 4) is 17.0 Å². The maximum Gasteiger partial charge on any atom is 0.250 e. The van der Waals surface area contributed by atoms with Gasteiger partial charge >= 0.3 is 0 Å². The second kappa shape index (κ2) is 9.76. The van der Waals surface area contributed by atoms with E-state index in [1.54, 1.807) is 30.3 Å². The highest BCUT2D eigenvalue weighted by molar-refractivity contribution is 7.92. The van der Waals surface area contributed by atoms with Gasteiger partial charge in [0.05, 0.1) is 24.2 Å². The quantitative estimate of drug-likeness (QED) is 0.511. The standard InChI is InChI=1S/C22H23N3O4S2/c1-4-29-19-12-5-16(6-13-19)7-14-21(26)24-22-23-20(15-30-22)17-8-10-18(11-9-17)25(2)31(3,27)28/h5-15H,4H2,1-3H3,(H,23,24,26)/b14-7+. The molecular formula is C22H23N3O4S2. The molecule has 0 atom stereocenters. The smallest absolute Gasteiger partial charge is 0.250 e. The minimum atomic E-state index is -3.31. The van der Waals surface area contributed by atoms with Gasteiger partial charge in [-0.3, -0.25) is 14.4 Å². The molecule has 1 N–H and O–H groups in total. The Hall–Kier alpha value is -3.17. The molecule has 1 aromatic heterocycles. The number of hydrogen-bond acceptors (Lipinski definition) is 6. The Morgan fingerprint density at radius 3 is 2.45 bits per heavy atom. The van der Waals surface area contributed by atoms with Crippen molar-refractivity contribution in [2.24, 2.45) is 0 Å². The van der Waals surface area contributed by atoms with Crippen LogP contribution in [0.15, 0.2) is 60.0 Å². The van der Waals surface area contributed by atoms with Crippen LogP contribution in [0.2, 0.25) is 0 Å². The summed E-state index contributed by atoms with van der Waals surface area (Å²) in [5.74, 6) is 0.510. The third-order valence-electron chi connectivity index (χ3n) is 4.38. The van der Waals surface area contributed by atoms with E-state index in [-0.39, 0.29) is 5.91 Å². The predicted molar refractivity (Wildman–Crippen MR) is 126 cm³/mol. The molecule has 1 heterocycles. The van der Waals surface area contributed by atoms with Gasteiger partial charge in [0.1, 0.15) is 5.75 Å². The van der Waals surface area contributed by atoms with Gasteiger partial charge in [-0.05, 0) is 42.8 Å². The molecule has 0 radical (unpaired) electrons. The molecule has 0 aliphatic heterocycles. The fourth-order valence-electron chi connectivity index (χ4n) is 2.66. The Bertz CT molecular complexity index is 1170. The Labute approximate surface area is 186 Å². The average molecular weight is 458 g/mol. The van der Waals surface area contributed by atoms with E-state index in [0.29, 0.717) is 23.1 Å². The van der Waals surface area contributed by atoms with Gasteiger partial charge in [0.25, 0.3) is 0 Å². The zero-order valence-corrected chi connectivity index (χ0v) is 19.0. The lowest BCUT2D eigenvalue weighted by molar-refractivity contribution is -0.111. The van der Waals surface area contributed by atoms with Crippen molar-refractivity contribution in [3.63, 3.8) is 0 Å². The average Bonchev–Trinajstić information content (AvgIpc) is 3.21. The molecule has 0 aliphatic rings. The fraction of sp³-hybridized carbons (Fsp3) is 0.182. The highest BCUT2D eigenvalue weighted by Gasteiger charge is 2.12. The van der Waals surface area contributed by atoms with Crippen LogP contribution >= 0.6 is 11.3 Å². The molecule has 0 spiro atoms. The van der Waals surface area contributed by atoms with Crippen molar-refractivity contribution in [1.29, 1.82) is 0 Å². The summed E-state index contributed by atoms with van der Waals surface area (Å²) in [5.41, 5.74) is 2.98. The number of thiazole rings is 1. The number of ether oxygens (including phenoxy) is 1. The summed E-state index contributed by atoms with van der Waals surface area (Å²) >= 11 is 1.32. The van der Waals surface area contributed by atoms with Crippen LogP contribution in [0.3, 0.4) is 0 Å². The summed E-state index contributed by atoms with van der Waals surface area (Å²) in [7, 11) is -1.81. The minimum absolute atomic E-state index is 0.278. The summed E-state index contributed by atoms with van der Waals surface area (Å²) in [6.07, 6.45) is 4.32. The molecule has 7 nitrogen and oxygen atoms in total. The number of anilines is 2. The molecule has 3 rings (SSSR count). The molecule has 0 saturated heterocycles. The molecule has 0 fully saturated rings. The van der Waals surface area contributed by atoms with Gasteiger partial charge < -0.3 is 4.74 Å². The van der Waals surface area contributed by atoms with Crippen LogP contribution in [0.5, 0.6) is 5.75 Å². The number of sulfonamides is 1. The first-order valence-corrected chi connectivity index (χ1v) is 12.2. The number of aromatic nitrogens is 1. The van der Waals surface area contributed by atoms with E-state index in [9.17, 15) is 13.2 Å². The topological polar surface area (TPSA) is 88.6 Å². The van der Waals surface area contributed by atoms with Crippen LogP contribution in [0.1, 0.15) is 12.5 Å². The van der Waals surface area contributed by atoms with Gasteiger partial charge in [0.2, 0.25) is 15.9 Å². The molecule has 9 heteroatoms. The van der Waals surface area contributed by atoms with E-state index in [1.165, 1.54) is 28.8 Å². The van der Waals surface area contributed by atoms with Crippen LogP contribution in [-0.4, -0.2) is 39.2 Å². The van der Waals surface area contributed by atoms with Gasteiger partial charge in [0, 0.05) is 24.1 Å². The van der Waals surface area contributed by atoms with Crippen molar-refractivity contribution >= 4 is 44.2 Å². The Kier molecular flexibility index (Phi) is 7.09. The first-order chi connectivity index (χ1) is 14.8. The lowest BCUT2D eigenvalue weighted by atomic mass is 10.1. The number of nitrogens with zero attached hydrogens (tertiary/aromatic N) is 2. The van der Waals surface area contributed by atoms with E-state index in [1.807, 2.05) is 36.6 Å². The van der Waals surface area contributed by atoms with Gasteiger partial charge in [-0.2, -0.15) is 0 Å². The van der Waals surface area contributed by atoms with Crippen molar-refractivity contribution < 1.29 is 17.9 Å². The second-order valence-electron chi connectivity index (χ2n) is 6.64. The molecule has 1 amide bonds. The highest BCUT2D eigenvalue weighted by atomic mass is 32.2. The molecule has 3 aromatic rings. The summed E-state index contributed by atoms with van der Waals surface area (Å²) in [6.45, 7) is 2.53. The number of carbonyl (C=O) groups excluding carboxylic acids is 1. The summed E-state index contributed by atoms with van der Waals surface area (Å²) < 4.78 is 29.9. The molecule has 31 heavy (non-hydrogen) atoms. The summed E-state index contributed by atoms with van der Waals surface area (Å²) in [4.78, 5) is 16.6. The highest BCUT2D eigenvalue weighted by Crippen LogP contribution is 2.27. The largest absolute Gasteiger partial charge is 0.494 e. The van der Waals surface area contributed by atoms with Crippen LogP contribution in [-0.2, 0) is 14.8 Å². The lowest BCUT2D eigenvalue weighted by Gasteiger charge is -2.16. The van der Waals surface area contributed by atoms with Gasteiger partial charge in [0.15, 0.2) is 5.13 Å². The molecule has 0 saturated carbocycles. The van der Waals surface area contributed by atoms with E-state index in [0.717, 1.165) is 23.1 Å². The van der Waals surface area contributed by atoms with Gasteiger partial charge in [-0.25, -0.2) is 13.4 Å². The maximum atomic E-state index is 12.2. The third-order valence-corrected chi connectivity index (χ3v) is 6.34. The van der Waals surface area contributed by atoms with E-state index in [2.05, 4.69) is 10.3 Å². The van der Waals surface area contributed by atoms with Crippen LogP contribution < -0.4 is 14.4 Å². The molecule has 0 unspecified atom stereocenters. The Morgan fingerprint density at radius 1 is 1.16 bits per heavy atom.